The average molecular weight is 426 g/mol. The zero-order valence-electron chi connectivity index (χ0n) is 16.6. The van der Waals surface area contributed by atoms with Crippen LogP contribution in [0.5, 0.6) is 0 Å². The Morgan fingerprint density at radius 2 is 1.52 bits per heavy atom. The summed E-state index contributed by atoms with van der Waals surface area (Å²) in [7, 11) is 0. The zero-order chi connectivity index (χ0) is 22.0. The molecular weight excluding hydrogens is 400 g/mol. The molecule has 2 bridgehead atoms. The first-order valence-electron chi connectivity index (χ1n) is 9.64. The number of hydrogen-bond donors (Lipinski definition) is 0. The molecule has 0 N–H and O–H groups in total. The zero-order valence-corrected chi connectivity index (χ0v) is 16.6. The SMILES string of the molecule is CCC(C)(C)C(=O)OCCOC(=O)C(F)(F)C(F)(F)OC(=O)C1CC2CCC1C2. The van der Waals surface area contributed by atoms with Gasteiger partial charge in [0.05, 0.1) is 11.3 Å². The van der Waals surface area contributed by atoms with E-state index in [4.69, 9.17) is 4.74 Å². The van der Waals surface area contributed by atoms with E-state index in [2.05, 4.69) is 9.47 Å². The Bertz CT molecular complexity index is 649. The van der Waals surface area contributed by atoms with E-state index in [1.807, 2.05) is 0 Å². The van der Waals surface area contributed by atoms with E-state index in [1.165, 1.54) is 0 Å². The first-order chi connectivity index (χ1) is 13.3. The van der Waals surface area contributed by atoms with Gasteiger partial charge in [-0.05, 0) is 51.4 Å². The van der Waals surface area contributed by atoms with Gasteiger partial charge < -0.3 is 14.2 Å². The normalized spacial score (nSPS) is 24.3. The maximum atomic E-state index is 13.9. The van der Waals surface area contributed by atoms with Crippen molar-refractivity contribution in [1.82, 2.24) is 0 Å². The number of alkyl halides is 4. The van der Waals surface area contributed by atoms with E-state index < -0.39 is 54.5 Å². The van der Waals surface area contributed by atoms with E-state index in [1.54, 1.807) is 20.8 Å². The largest absolute Gasteiger partial charge is 0.478 e. The van der Waals surface area contributed by atoms with Crippen LogP contribution in [0.1, 0.15) is 52.9 Å². The first kappa shape index (κ1) is 23.4. The molecule has 0 radical (unpaired) electrons. The Kier molecular flexibility index (Phi) is 6.84. The fraction of sp³-hybridized carbons (Fsp3) is 0.842. The summed E-state index contributed by atoms with van der Waals surface area (Å²) < 4.78 is 68.1. The standard InChI is InChI=1S/C19H26F4O6/c1-4-17(2,3)15(25)27-7-8-28-16(26)18(20,21)19(22,23)29-14(24)13-10-11-5-6-12(13)9-11/h11-13H,4-10H2,1-3H3. The number of ether oxygens (including phenoxy) is 3. The van der Waals surface area contributed by atoms with Crippen LogP contribution in [-0.4, -0.2) is 43.2 Å². The van der Waals surface area contributed by atoms with Crippen LogP contribution in [0, 0.1) is 23.2 Å². The van der Waals surface area contributed by atoms with E-state index in [0.717, 1.165) is 6.42 Å². The van der Waals surface area contributed by atoms with Crippen molar-refractivity contribution < 1.29 is 46.2 Å². The highest BCUT2D eigenvalue weighted by atomic mass is 19.3. The lowest BCUT2D eigenvalue weighted by Gasteiger charge is -2.27. The van der Waals surface area contributed by atoms with Crippen LogP contribution in [0.4, 0.5) is 17.6 Å². The van der Waals surface area contributed by atoms with Crippen LogP contribution in [0.2, 0.25) is 0 Å². The molecule has 0 spiro atoms. The molecule has 2 rings (SSSR count). The van der Waals surface area contributed by atoms with Gasteiger partial charge in [-0.2, -0.15) is 17.6 Å². The second kappa shape index (κ2) is 8.47. The van der Waals surface area contributed by atoms with Gasteiger partial charge in [-0.3, -0.25) is 9.59 Å². The summed E-state index contributed by atoms with van der Waals surface area (Å²) in [6, 6.07) is 0. The van der Waals surface area contributed by atoms with Crippen molar-refractivity contribution in [2.45, 2.75) is 64.9 Å². The minimum absolute atomic E-state index is 0.147. The second-order valence-corrected chi connectivity index (χ2v) is 8.30. The molecule has 2 aliphatic carbocycles. The number of hydrogen-bond acceptors (Lipinski definition) is 6. The summed E-state index contributed by atoms with van der Waals surface area (Å²) in [5.41, 5.74) is -0.825. The molecule has 0 aliphatic heterocycles. The molecule has 0 heterocycles. The third-order valence-electron chi connectivity index (χ3n) is 5.88. The molecule has 0 aromatic carbocycles. The van der Waals surface area contributed by atoms with Gasteiger partial charge in [0.15, 0.2) is 0 Å². The van der Waals surface area contributed by atoms with Crippen molar-refractivity contribution in [1.29, 1.82) is 0 Å². The number of carbonyl (C=O) groups excluding carboxylic acids is 3. The summed E-state index contributed by atoms with van der Waals surface area (Å²) in [5.74, 6) is -10.8. The smallest absolute Gasteiger partial charge is 0.462 e. The number of carbonyl (C=O) groups is 3. The van der Waals surface area contributed by atoms with Crippen molar-refractivity contribution in [2.75, 3.05) is 13.2 Å². The molecule has 0 aromatic rings. The fourth-order valence-electron chi connectivity index (χ4n) is 3.62. The summed E-state index contributed by atoms with van der Waals surface area (Å²) in [6.45, 7) is 3.53. The molecule has 2 aliphatic rings. The Morgan fingerprint density at radius 1 is 0.931 bits per heavy atom. The summed E-state index contributed by atoms with van der Waals surface area (Å²) in [6.07, 6.45) is -2.32. The van der Waals surface area contributed by atoms with Crippen molar-refractivity contribution in [3.8, 4) is 0 Å². The predicted octanol–water partition coefficient (Wildman–Crippen LogP) is 3.72. The van der Waals surface area contributed by atoms with Gasteiger partial charge in [0.25, 0.3) is 0 Å². The second-order valence-electron chi connectivity index (χ2n) is 8.30. The first-order valence-corrected chi connectivity index (χ1v) is 9.64. The van der Waals surface area contributed by atoms with Crippen LogP contribution in [0.25, 0.3) is 0 Å². The molecule has 2 saturated carbocycles. The average Bonchev–Trinajstić information content (AvgIpc) is 3.27. The van der Waals surface area contributed by atoms with Crippen LogP contribution in [-0.2, 0) is 28.6 Å². The van der Waals surface area contributed by atoms with Gasteiger partial charge in [0.2, 0.25) is 0 Å². The molecule has 166 valence electrons. The van der Waals surface area contributed by atoms with Gasteiger partial charge in [0, 0.05) is 0 Å². The molecule has 3 atom stereocenters. The van der Waals surface area contributed by atoms with E-state index in [9.17, 15) is 31.9 Å². The molecule has 29 heavy (non-hydrogen) atoms. The van der Waals surface area contributed by atoms with Gasteiger partial charge in [-0.15, -0.1) is 0 Å². The quantitative estimate of drug-likeness (QED) is 0.242. The minimum Gasteiger partial charge on any atom is -0.462 e. The highest BCUT2D eigenvalue weighted by Gasteiger charge is 2.68. The van der Waals surface area contributed by atoms with Crippen LogP contribution < -0.4 is 0 Å². The third kappa shape index (κ3) is 5.01. The maximum absolute atomic E-state index is 13.9. The number of rotatable bonds is 9. The molecule has 2 fully saturated rings. The third-order valence-corrected chi connectivity index (χ3v) is 5.88. The monoisotopic (exact) mass is 426 g/mol. The van der Waals surface area contributed by atoms with Crippen molar-refractivity contribution in [2.24, 2.45) is 23.2 Å². The topological polar surface area (TPSA) is 78.9 Å². The lowest BCUT2D eigenvalue weighted by atomic mass is 9.89. The molecular formula is C19H26F4O6. The van der Waals surface area contributed by atoms with Crippen LogP contribution >= 0.6 is 0 Å². The van der Waals surface area contributed by atoms with E-state index in [-0.39, 0.29) is 11.8 Å². The molecule has 0 saturated heterocycles. The van der Waals surface area contributed by atoms with Gasteiger partial charge in [-0.25, -0.2) is 4.79 Å². The summed E-state index contributed by atoms with van der Waals surface area (Å²) in [5, 5.41) is 0. The highest BCUT2D eigenvalue weighted by molar-refractivity contribution is 5.80. The van der Waals surface area contributed by atoms with Crippen LogP contribution in [0.15, 0.2) is 0 Å². The summed E-state index contributed by atoms with van der Waals surface area (Å²) in [4.78, 5) is 35.1. The number of halogens is 4. The summed E-state index contributed by atoms with van der Waals surface area (Å²) >= 11 is 0. The van der Waals surface area contributed by atoms with Crippen molar-refractivity contribution >= 4 is 17.9 Å². The molecule has 6 nitrogen and oxygen atoms in total. The Hall–Kier alpha value is -1.87. The highest BCUT2D eigenvalue weighted by Crippen LogP contribution is 2.49. The lowest BCUT2D eigenvalue weighted by Crippen LogP contribution is -2.51. The molecule has 3 unspecified atom stereocenters. The fourth-order valence-corrected chi connectivity index (χ4v) is 3.62. The van der Waals surface area contributed by atoms with Crippen LogP contribution in [0.3, 0.4) is 0 Å². The molecule has 0 amide bonds. The van der Waals surface area contributed by atoms with Gasteiger partial charge in [-0.1, -0.05) is 13.3 Å². The molecule has 10 heteroatoms. The van der Waals surface area contributed by atoms with Crippen molar-refractivity contribution in [3.05, 3.63) is 0 Å². The Labute approximate surface area is 166 Å². The Morgan fingerprint density at radius 3 is 2.00 bits per heavy atom. The number of fused-ring (bicyclic) bond motifs is 2. The van der Waals surface area contributed by atoms with E-state index in [0.29, 0.717) is 25.7 Å². The number of esters is 3. The lowest BCUT2D eigenvalue weighted by molar-refractivity contribution is -0.326. The van der Waals surface area contributed by atoms with Gasteiger partial charge in [0.1, 0.15) is 13.2 Å². The molecule has 0 aromatic heterocycles. The Balaban J connectivity index is 1.84. The minimum atomic E-state index is -5.37. The van der Waals surface area contributed by atoms with Crippen molar-refractivity contribution in [3.63, 3.8) is 0 Å². The predicted molar refractivity (Wildman–Crippen MR) is 90.9 cm³/mol. The van der Waals surface area contributed by atoms with Gasteiger partial charge >= 0.3 is 29.9 Å². The maximum Gasteiger partial charge on any atom is 0.478 e. The van der Waals surface area contributed by atoms with E-state index >= 15 is 0 Å².